The summed E-state index contributed by atoms with van der Waals surface area (Å²) in [6, 6.07) is 9.85. The van der Waals surface area contributed by atoms with Crippen molar-refractivity contribution in [1.29, 1.82) is 0 Å². The Morgan fingerprint density at radius 2 is 1.83 bits per heavy atom. The van der Waals surface area contributed by atoms with E-state index in [0.29, 0.717) is 31.7 Å². The van der Waals surface area contributed by atoms with Crippen molar-refractivity contribution in [2.24, 2.45) is 14.1 Å². The fourth-order valence-electron chi connectivity index (χ4n) is 5.01. The van der Waals surface area contributed by atoms with Crippen LogP contribution in [-0.2, 0) is 31.9 Å². The number of aromatic carboxylic acids is 1. The first-order chi connectivity index (χ1) is 17.1. The smallest absolute Gasteiger partial charge is 0.352 e. The minimum Gasteiger partial charge on any atom is -0.494 e. The van der Waals surface area contributed by atoms with E-state index in [4.69, 9.17) is 21.1 Å². The Hall–Kier alpha value is -3.29. The highest BCUT2D eigenvalue weighted by atomic mass is 35.5. The van der Waals surface area contributed by atoms with Crippen LogP contribution in [0.25, 0.3) is 22.0 Å². The van der Waals surface area contributed by atoms with E-state index in [1.165, 1.54) is 0 Å². The van der Waals surface area contributed by atoms with Crippen molar-refractivity contribution in [1.82, 2.24) is 14.3 Å². The standard InChI is InChI=1S/C28H32ClN3O4/c1-16-13-19(14-17(2)25(16)29)36-12-8-11-21-20-9-7-10-22(26(20)31(4)27(21)28(33)34)24-18(3)32(5)30-23(24)15-35-6/h7,9-10,13-14H,8,11-12,15H2,1-6H3,(H,33,34). The molecule has 0 radical (unpaired) electrons. The Morgan fingerprint density at radius 1 is 1.14 bits per heavy atom. The predicted molar refractivity (Wildman–Crippen MR) is 142 cm³/mol. The monoisotopic (exact) mass is 509 g/mol. The molecular weight excluding hydrogens is 478 g/mol. The van der Waals surface area contributed by atoms with Gasteiger partial charge in [0.15, 0.2) is 0 Å². The van der Waals surface area contributed by atoms with Gasteiger partial charge in [0.1, 0.15) is 11.4 Å². The molecule has 0 aliphatic carbocycles. The van der Waals surface area contributed by atoms with E-state index < -0.39 is 5.97 Å². The first-order valence-corrected chi connectivity index (χ1v) is 12.3. The lowest BCUT2D eigenvalue weighted by atomic mass is 9.98. The number of halogens is 1. The second-order valence-corrected chi connectivity index (χ2v) is 9.56. The Balaban J connectivity index is 1.70. The number of carboxylic acids is 1. The molecule has 190 valence electrons. The molecule has 2 aromatic carbocycles. The van der Waals surface area contributed by atoms with Gasteiger partial charge >= 0.3 is 5.97 Å². The van der Waals surface area contributed by atoms with Crippen LogP contribution in [0.5, 0.6) is 5.75 Å². The van der Waals surface area contributed by atoms with Gasteiger partial charge in [-0.3, -0.25) is 4.68 Å². The number of para-hydroxylation sites is 1. The molecule has 0 fully saturated rings. The summed E-state index contributed by atoms with van der Waals surface area (Å²) >= 11 is 6.27. The van der Waals surface area contributed by atoms with Crippen LogP contribution in [0.4, 0.5) is 0 Å². The number of rotatable bonds is 9. The number of aromatic nitrogens is 3. The number of hydrogen-bond acceptors (Lipinski definition) is 4. The van der Waals surface area contributed by atoms with Crippen LogP contribution in [0.15, 0.2) is 30.3 Å². The molecule has 0 atom stereocenters. The summed E-state index contributed by atoms with van der Waals surface area (Å²) < 4.78 is 15.0. The molecule has 0 spiro atoms. The van der Waals surface area contributed by atoms with Crippen LogP contribution in [0.2, 0.25) is 5.02 Å². The first-order valence-electron chi connectivity index (χ1n) is 11.9. The van der Waals surface area contributed by atoms with Crippen LogP contribution in [0.3, 0.4) is 0 Å². The van der Waals surface area contributed by atoms with Crippen LogP contribution in [0.1, 0.15) is 45.0 Å². The normalized spacial score (nSPS) is 11.4. The van der Waals surface area contributed by atoms with Gasteiger partial charge in [-0.05, 0) is 62.4 Å². The third-order valence-corrected chi connectivity index (χ3v) is 7.32. The van der Waals surface area contributed by atoms with Crippen LogP contribution < -0.4 is 4.74 Å². The summed E-state index contributed by atoms with van der Waals surface area (Å²) in [6.45, 7) is 6.76. The molecule has 8 heteroatoms. The van der Waals surface area contributed by atoms with Crippen LogP contribution in [0, 0.1) is 20.8 Å². The third-order valence-electron chi connectivity index (χ3n) is 6.73. The summed E-state index contributed by atoms with van der Waals surface area (Å²) in [6.07, 6.45) is 1.25. The highest BCUT2D eigenvalue weighted by Gasteiger charge is 2.25. The third kappa shape index (κ3) is 4.61. The summed E-state index contributed by atoms with van der Waals surface area (Å²) in [5.74, 6) is -0.176. The number of fused-ring (bicyclic) bond motifs is 1. The van der Waals surface area contributed by atoms with E-state index in [0.717, 1.165) is 60.9 Å². The zero-order valence-corrected chi connectivity index (χ0v) is 22.4. The number of benzene rings is 2. The van der Waals surface area contributed by atoms with Crippen molar-refractivity contribution in [3.05, 3.63) is 69.1 Å². The maximum absolute atomic E-state index is 12.4. The molecular formula is C28H32ClN3O4. The Morgan fingerprint density at radius 3 is 2.47 bits per heavy atom. The summed E-state index contributed by atoms with van der Waals surface area (Å²) in [5.41, 5.74) is 7.68. The first kappa shape index (κ1) is 25.8. The van der Waals surface area contributed by atoms with Crippen LogP contribution >= 0.6 is 11.6 Å². The fraction of sp³-hybridized carbons (Fsp3) is 0.357. The fourth-order valence-corrected chi connectivity index (χ4v) is 5.12. The highest BCUT2D eigenvalue weighted by Crippen LogP contribution is 2.37. The molecule has 36 heavy (non-hydrogen) atoms. The summed E-state index contributed by atoms with van der Waals surface area (Å²) in [7, 11) is 5.36. The molecule has 0 saturated carbocycles. The second kappa shape index (κ2) is 10.4. The number of carbonyl (C=O) groups is 1. The second-order valence-electron chi connectivity index (χ2n) is 9.18. The van der Waals surface area contributed by atoms with Gasteiger partial charge in [-0.25, -0.2) is 4.79 Å². The summed E-state index contributed by atoms with van der Waals surface area (Å²) in [5, 5.41) is 16.4. The zero-order valence-electron chi connectivity index (χ0n) is 21.6. The average Bonchev–Trinajstić information content (AvgIpc) is 3.27. The molecule has 0 unspecified atom stereocenters. The van der Waals surface area contributed by atoms with Gasteiger partial charge in [0.05, 0.1) is 24.4 Å². The van der Waals surface area contributed by atoms with Crippen LogP contribution in [-0.4, -0.2) is 39.1 Å². The lowest BCUT2D eigenvalue weighted by Crippen LogP contribution is -2.08. The highest BCUT2D eigenvalue weighted by molar-refractivity contribution is 6.32. The number of carboxylic acid groups (broad SMARTS) is 1. The van der Waals surface area contributed by atoms with Crippen molar-refractivity contribution < 1.29 is 19.4 Å². The maximum Gasteiger partial charge on any atom is 0.352 e. The van der Waals surface area contributed by atoms with E-state index in [1.807, 2.05) is 69.9 Å². The Bertz CT molecular complexity index is 1430. The van der Waals surface area contributed by atoms with Gasteiger partial charge in [-0.1, -0.05) is 29.8 Å². The van der Waals surface area contributed by atoms with Gasteiger partial charge in [-0.2, -0.15) is 5.10 Å². The number of nitrogens with zero attached hydrogens (tertiary/aromatic N) is 3. The molecule has 1 N–H and O–H groups in total. The summed E-state index contributed by atoms with van der Waals surface area (Å²) in [4.78, 5) is 12.4. The van der Waals surface area contributed by atoms with Gasteiger partial charge in [-0.15, -0.1) is 0 Å². The lowest BCUT2D eigenvalue weighted by molar-refractivity contribution is 0.0685. The molecule has 4 rings (SSSR count). The predicted octanol–water partition coefficient (Wildman–Crippen LogP) is 6.01. The average molecular weight is 510 g/mol. The minimum absolute atomic E-state index is 0.297. The number of methoxy groups -OCH3 is 1. The molecule has 7 nitrogen and oxygen atoms in total. The number of aryl methyl sites for hydroxylation is 5. The molecule has 0 aliphatic rings. The molecule has 0 bridgehead atoms. The van der Waals surface area contributed by atoms with Crippen molar-refractivity contribution >= 4 is 28.5 Å². The van der Waals surface area contributed by atoms with Gasteiger partial charge < -0.3 is 19.1 Å². The molecule has 0 aliphatic heterocycles. The number of ether oxygens (including phenoxy) is 2. The molecule has 2 heterocycles. The number of hydrogen-bond donors (Lipinski definition) is 1. The van der Waals surface area contributed by atoms with Crippen molar-refractivity contribution in [2.75, 3.05) is 13.7 Å². The van der Waals surface area contributed by atoms with Gasteiger partial charge in [0, 0.05) is 48.4 Å². The molecule has 2 aromatic heterocycles. The SMILES string of the molecule is COCc1nn(C)c(C)c1-c1cccc2c(CCCOc3cc(C)c(Cl)c(C)c3)c(C(=O)O)n(C)c12. The van der Waals surface area contributed by atoms with E-state index in [1.54, 1.807) is 11.7 Å². The lowest BCUT2D eigenvalue weighted by Gasteiger charge is -2.10. The van der Waals surface area contributed by atoms with E-state index in [-0.39, 0.29) is 0 Å². The topological polar surface area (TPSA) is 78.5 Å². The van der Waals surface area contributed by atoms with Gasteiger partial charge in [0.25, 0.3) is 0 Å². The molecule has 0 saturated heterocycles. The molecule has 4 aromatic rings. The zero-order chi connectivity index (χ0) is 26.1. The molecule has 0 amide bonds. The van der Waals surface area contributed by atoms with Crippen molar-refractivity contribution in [2.45, 2.75) is 40.2 Å². The van der Waals surface area contributed by atoms with E-state index in [2.05, 4.69) is 5.10 Å². The van der Waals surface area contributed by atoms with Crippen molar-refractivity contribution in [3.63, 3.8) is 0 Å². The largest absolute Gasteiger partial charge is 0.494 e. The van der Waals surface area contributed by atoms with E-state index in [9.17, 15) is 9.90 Å². The quantitative estimate of drug-likeness (QED) is 0.279. The minimum atomic E-state index is -0.945. The Labute approximate surface area is 216 Å². The van der Waals surface area contributed by atoms with Gasteiger partial charge in [0.2, 0.25) is 0 Å². The maximum atomic E-state index is 12.4. The van der Waals surface area contributed by atoms with E-state index >= 15 is 0 Å². The Kier molecular flexibility index (Phi) is 7.43. The van der Waals surface area contributed by atoms with Crippen molar-refractivity contribution in [3.8, 4) is 16.9 Å².